The van der Waals surface area contributed by atoms with Gasteiger partial charge in [0.1, 0.15) is 0 Å². The molecule has 0 radical (unpaired) electrons. The maximum Gasteiger partial charge on any atom is 0.0421 e. The molecule has 0 heterocycles. The minimum Gasteiger partial charge on any atom is -0.785 e. The van der Waals surface area contributed by atoms with Gasteiger partial charge in [-0.15, -0.1) is 0 Å². The molecule has 1 aromatic rings. The van der Waals surface area contributed by atoms with E-state index in [-0.39, 0.29) is 12.1 Å². The zero-order valence-corrected chi connectivity index (χ0v) is 8.18. The third-order valence-corrected chi connectivity index (χ3v) is 2.70. The Morgan fingerprint density at radius 1 is 0.857 bits per heavy atom. The summed E-state index contributed by atoms with van der Waals surface area (Å²) in [4.78, 5) is 0. The standard InChI is InChI=1S/C10H12N2O2/c1-11(13)9-7-3-5-8(6-4-7)10(9)12(2)14/h3-6,9-10H,1-2H3/q-2. The van der Waals surface area contributed by atoms with Gasteiger partial charge in [-0.05, 0) is 25.2 Å². The molecular weight excluding hydrogens is 180 g/mol. The first-order valence-electron chi connectivity index (χ1n) is 4.51. The van der Waals surface area contributed by atoms with Crippen LogP contribution in [0, 0.1) is 10.4 Å². The van der Waals surface area contributed by atoms with E-state index >= 15 is 0 Å². The first kappa shape index (κ1) is 9.61. The zero-order valence-electron chi connectivity index (χ0n) is 8.18. The maximum absolute atomic E-state index is 11.4. The van der Waals surface area contributed by atoms with Crippen molar-refractivity contribution >= 4 is 0 Å². The Morgan fingerprint density at radius 2 is 1.14 bits per heavy atom. The third-order valence-electron chi connectivity index (χ3n) is 2.70. The number of hydroxylamine groups is 4. The van der Waals surface area contributed by atoms with Gasteiger partial charge in [-0.2, -0.15) is 0 Å². The van der Waals surface area contributed by atoms with Gasteiger partial charge in [0.25, 0.3) is 0 Å². The normalized spacial score (nSPS) is 25.0. The molecule has 14 heavy (non-hydrogen) atoms. The summed E-state index contributed by atoms with van der Waals surface area (Å²) in [5.41, 5.74) is 1.82. The first-order chi connectivity index (χ1) is 6.61. The molecule has 0 saturated heterocycles. The van der Waals surface area contributed by atoms with Crippen LogP contribution in [0.1, 0.15) is 23.2 Å². The Balaban J connectivity index is 2.43. The highest BCUT2D eigenvalue weighted by Gasteiger charge is 2.28. The van der Waals surface area contributed by atoms with Gasteiger partial charge in [0.2, 0.25) is 0 Å². The summed E-state index contributed by atoms with van der Waals surface area (Å²) in [5.74, 6) is 0. The van der Waals surface area contributed by atoms with E-state index in [9.17, 15) is 10.4 Å². The van der Waals surface area contributed by atoms with Crippen LogP contribution in [-0.2, 0) is 0 Å². The molecule has 1 aromatic carbocycles. The molecule has 2 atom stereocenters. The highest BCUT2D eigenvalue weighted by atomic mass is 16.5. The van der Waals surface area contributed by atoms with Crippen LogP contribution in [0.3, 0.4) is 0 Å². The number of rotatable bonds is 2. The summed E-state index contributed by atoms with van der Waals surface area (Å²) in [6, 6.07) is 6.87. The van der Waals surface area contributed by atoms with Gasteiger partial charge in [0.15, 0.2) is 0 Å². The lowest BCUT2D eigenvalue weighted by Crippen LogP contribution is -2.35. The Kier molecular flexibility index (Phi) is 2.28. The predicted octanol–water partition coefficient (Wildman–Crippen LogP) is 1.64. The largest absolute Gasteiger partial charge is 0.785 e. The van der Waals surface area contributed by atoms with Gasteiger partial charge < -0.3 is 20.5 Å². The maximum atomic E-state index is 11.4. The SMILES string of the molecule is CN([O-])C1c2ccc(cc2)C1N(C)[O-]. The fourth-order valence-corrected chi connectivity index (χ4v) is 2.07. The summed E-state index contributed by atoms with van der Waals surface area (Å²) in [6.45, 7) is 0. The van der Waals surface area contributed by atoms with E-state index in [1.54, 1.807) is 0 Å². The van der Waals surface area contributed by atoms with E-state index < -0.39 is 0 Å². The van der Waals surface area contributed by atoms with Crippen LogP contribution in [0.15, 0.2) is 24.3 Å². The smallest absolute Gasteiger partial charge is 0.0421 e. The van der Waals surface area contributed by atoms with Crippen molar-refractivity contribution in [2.75, 3.05) is 14.1 Å². The summed E-state index contributed by atoms with van der Waals surface area (Å²) < 4.78 is 0. The molecule has 76 valence electrons. The average Bonchev–Trinajstić information content (AvgIpc) is 2.17. The number of benzene rings is 1. The number of likely N-dealkylation sites (N-methyl/N-ethyl adjacent to an activating group) is 2. The summed E-state index contributed by atoms with van der Waals surface area (Å²) >= 11 is 0. The quantitative estimate of drug-likeness (QED) is 0.668. The van der Waals surface area contributed by atoms with E-state index in [0.29, 0.717) is 0 Å². The highest BCUT2D eigenvalue weighted by Crippen LogP contribution is 2.41. The van der Waals surface area contributed by atoms with E-state index in [2.05, 4.69) is 0 Å². The van der Waals surface area contributed by atoms with E-state index in [4.69, 9.17) is 0 Å². The lowest BCUT2D eigenvalue weighted by Gasteiger charge is -2.48. The van der Waals surface area contributed by atoms with Crippen LogP contribution in [0.4, 0.5) is 0 Å². The summed E-state index contributed by atoms with van der Waals surface area (Å²) in [6.07, 6.45) is 0. The Morgan fingerprint density at radius 3 is 1.36 bits per heavy atom. The fourth-order valence-electron chi connectivity index (χ4n) is 2.07. The Bertz CT molecular complexity index is 288. The Hall–Kier alpha value is -0.940. The predicted molar refractivity (Wildman–Crippen MR) is 54.2 cm³/mol. The molecule has 4 heteroatoms. The van der Waals surface area contributed by atoms with Crippen molar-refractivity contribution in [3.05, 3.63) is 45.8 Å². The van der Waals surface area contributed by atoms with E-state index in [1.165, 1.54) is 14.1 Å². The van der Waals surface area contributed by atoms with Gasteiger partial charge in [0.05, 0.1) is 0 Å². The molecule has 0 amide bonds. The third kappa shape index (κ3) is 1.33. The molecular formula is C10H12N2O2-2. The minimum atomic E-state index is -0.359. The zero-order chi connectivity index (χ0) is 10.3. The van der Waals surface area contributed by atoms with Gasteiger partial charge in [-0.25, -0.2) is 0 Å². The molecule has 2 bridgehead atoms. The number of hydrogen-bond donors (Lipinski definition) is 0. The van der Waals surface area contributed by atoms with Gasteiger partial charge >= 0.3 is 0 Å². The molecule has 0 aromatic heterocycles. The van der Waals surface area contributed by atoms with Crippen molar-refractivity contribution in [1.29, 1.82) is 0 Å². The molecule has 2 aliphatic rings. The fraction of sp³-hybridized carbons (Fsp3) is 0.400. The van der Waals surface area contributed by atoms with E-state index in [0.717, 1.165) is 21.3 Å². The molecule has 0 spiro atoms. The first-order valence-corrected chi connectivity index (χ1v) is 4.51. The summed E-state index contributed by atoms with van der Waals surface area (Å²) in [5, 5.41) is 24.4. The van der Waals surface area contributed by atoms with Crippen molar-refractivity contribution in [2.45, 2.75) is 12.1 Å². The van der Waals surface area contributed by atoms with Crippen LogP contribution in [0.25, 0.3) is 0 Å². The Labute approximate surface area is 82.9 Å². The number of fused-ring (bicyclic) bond motifs is 3. The molecule has 3 rings (SSSR count). The van der Waals surface area contributed by atoms with Crippen molar-refractivity contribution in [3.8, 4) is 0 Å². The lowest BCUT2D eigenvalue weighted by molar-refractivity contribution is 0.179. The molecule has 4 nitrogen and oxygen atoms in total. The van der Waals surface area contributed by atoms with Crippen LogP contribution < -0.4 is 0 Å². The van der Waals surface area contributed by atoms with Gasteiger partial charge in [-0.1, -0.05) is 24.3 Å². The van der Waals surface area contributed by atoms with Crippen molar-refractivity contribution in [1.82, 2.24) is 10.1 Å². The topological polar surface area (TPSA) is 52.6 Å². The summed E-state index contributed by atoms with van der Waals surface area (Å²) in [7, 11) is 2.91. The number of hydrogen-bond acceptors (Lipinski definition) is 4. The van der Waals surface area contributed by atoms with Crippen molar-refractivity contribution in [2.24, 2.45) is 0 Å². The number of nitrogens with zero attached hydrogens (tertiary/aromatic N) is 2. The second-order valence-electron chi connectivity index (χ2n) is 3.65. The van der Waals surface area contributed by atoms with E-state index in [1.807, 2.05) is 24.3 Å². The van der Waals surface area contributed by atoms with Crippen LogP contribution in [0.5, 0.6) is 0 Å². The average molecular weight is 192 g/mol. The van der Waals surface area contributed by atoms with Gasteiger partial charge in [-0.3, -0.25) is 0 Å². The monoisotopic (exact) mass is 192 g/mol. The second-order valence-corrected chi connectivity index (χ2v) is 3.65. The van der Waals surface area contributed by atoms with Gasteiger partial charge in [0, 0.05) is 12.1 Å². The lowest BCUT2D eigenvalue weighted by atomic mass is 9.86. The minimum absolute atomic E-state index is 0.359. The molecule has 0 aliphatic heterocycles. The molecule has 2 unspecified atom stereocenters. The molecule has 0 saturated carbocycles. The van der Waals surface area contributed by atoms with Crippen molar-refractivity contribution in [3.63, 3.8) is 0 Å². The van der Waals surface area contributed by atoms with Crippen molar-refractivity contribution < 1.29 is 0 Å². The molecule has 0 N–H and O–H groups in total. The molecule has 0 fully saturated rings. The molecule has 2 aliphatic carbocycles. The van der Waals surface area contributed by atoms with Crippen LogP contribution in [0.2, 0.25) is 0 Å². The van der Waals surface area contributed by atoms with Crippen LogP contribution >= 0.6 is 0 Å². The van der Waals surface area contributed by atoms with Crippen LogP contribution in [-0.4, -0.2) is 24.2 Å². The second kappa shape index (κ2) is 3.33. The highest BCUT2D eigenvalue weighted by molar-refractivity contribution is 5.36.